The van der Waals surface area contributed by atoms with Gasteiger partial charge in [0.2, 0.25) is 0 Å². The van der Waals surface area contributed by atoms with Crippen LogP contribution in [0.1, 0.15) is 12.6 Å². The molecule has 0 bridgehead atoms. The summed E-state index contributed by atoms with van der Waals surface area (Å²) < 4.78 is 29.5. The highest BCUT2D eigenvalue weighted by molar-refractivity contribution is 8.00. The first kappa shape index (κ1) is 27.2. The van der Waals surface area contributed by atoms with Gasteiger partial charge in [0.25, 0.3) is 11.8 Å². The largest absolute Gasteiger partial charge is 0.477 e. The molecule has 0 aliphatic carbocycles. The van der Waals surface area contributed by atoms with Crippen LogP contribution in [0.3, 0.4) is 0 Å². The number of carbonyl (C=O) groups is 4. The number of carbonyl (C=O) groups excluding carboxylic acids is 3. The quantitative estimate of drug-likeness (QED) is 0.152. The Morgan fingerprint density at radius 3 is 2.69 bits per heavy atom. The van der Waals surface area contributed by atoms with Crippen LogP contribution in [0.4, 0.5) is 9.93 Å². The summed E-state index contributed by atoms with van der Waals surface area (Å²) in [6, 6.07) is -1.10. The van der Waals surface area contributed by atoms with Gasteiger partial charge in [-0.1, -0.05) is 5.16 Å². The molecule has 18 heteroatoms. The molecule has 3 heterocycles. The summed E-state index contributed by atoms with van der Waals surface area (Å²) in [5.74, 6) is -4.54. The standard InChI is InChI=1S/C18H22N6O9S3/c1-3-33-18(29)20-7-36(30,31)6-8-4-34-15-11(14(26)24(15)12(8)16(27)28)22-13(25)10(23-32-2)9-5-35-17(19)21-9/h5,11,15H,3-4,6-7H2,1-2H3,(H2,19,21)(H,20,29)(H,22,25)(H,27,28)/b23-10-/t11?,15-/m1/s1. The Kier molecular flexibility index (Phi) is 8.41. The van der Waals surface area contributed by atoms with Crippen LogP contribution in [0.5, 0.6) is 0 Å². The van der Waals surface area contributed by atoms with Crippen molar-refractivity contribution in [1.82, 2.24) is 20.5 Å². The highest BCUT2D eigenvalue weighted by Gasteiger charge is 2.54. The van der Waals surface area contributed by atoms with Gasteiger partial charge in [-0.25, -0.2) is 23.0 Å². The number of thioether (sulfide) groups is 1. The Morgan fingerprint density at radius 1 is 1.39 bits per heavy atom. The third-order valence-electron chi connectivity index (χ3n) is 4.80. The minimum atomic E-state index is -3.97. The molecule has 3 amide bonds. The third-order valence-corrected chi connectivity index (χ3v) is 8.19. The van der Waals surface area contributed by atoms with Crippen molar-refractivity contribution < 1.29 is 42.3 Å². The Labute approximate surface area is 213 Å². The van der Waals surface area contributed by atoms with E-state index in [4.69, 9.17) is 5.73 Å². The molecule has 2 aliphatic heterocycles. The number of fused-ring (bicyclic) bond motifs is 1. The topological polar surface area (TPSA) is 220 Å². The van der Waals surface area contributed by atoms with Crippen molar-refractivity contribution in [2.75, 3.05) is 36.8 Å². The fourth-order valence-electron chi connectivity index (χ4n) is 3.36. The Morgan fingerprint density at radius 2 is 2.11 bits per heavy atom. The molecule has 36 heavy (non-hydrogen) atoms. The molecule has 2 aliphatic rings. The maximum Gasteiger partial charge on any atom is 0.407 e. The SMILES string of the molecule is CCOC(=O)NCS(=O)(=O)CC1=C(C(=O)O)N2C(=O)C(NC(=O)/C(=N\OC)c3csc(N)n3)[C@H]2SC1. The van der Waals surface area contributed by atoms with Crippen molar-refractivity contribution in [2.24, 2.45) is 5.16 Å². The highest BCUT2D eigenvalue weighted by Crippen LogP contribution is 2.40. The zero-order valence-electron chi connectivity index (χ0n) is 18.9. The van der Waals surface area contributed by atoms with E-state index in [1.54, 1.807) is 6.92 Å². The summed E-state index contributed by atoms with van der Waals surface area (Å²) in [6.45, 7) is 1.59. The first-order valence-corrected chi connectivity index (χ1v) is 13.9. The zero-order chi connectivity index (χ0) is 26.6. The molecule has 3 rings (SSSR count). The van der Waals surface area contributed by atoms with Crippen LogP contribution < -0.4 is 16.4 Å². The van der Waals surface area contributed by atoms with E-state index < -0.39 is 62.5 Å². The number of carboxylic acids is 1. The lowest BCUT2D eigenvalue weighted by Crippen LogP contribution is -2.71. The minimum absolute atomic E-state index is 0.0212. The summed E-state index contributed by atoms with van der Waals surface area (Å²) in [5.41, 5.74) is 4.99. The van der Waals surface area contributed by atoms with Gasteiger partial charge in [0.15, 0.2) is 20.7 Å². The number of aromatic nitrogens is 1. The molecule has 0 aromatic carbocycles. The highest BCUT2D eigenvalue weighted by atomic mass is 32.2. The lowest BCUT2D eigenvalue weighted by Gasteiger charge is -2.49. The fraction of sp³-hybridized carbons (Fsp3) is 0.444. The molecular formula is C18H22N6O9S3. The molecule has 0 radical (unpaired) electrons. The summed E-state index contributed by atoms with van der Waals surface area (Å²) >= 11 is 2.15. The average molecular weight is 563 g/mol. The number of anilines is 1. The van der Waals surface area contributed by atoms with Gasteiger partial charge < -0.3 is 31.0 Å². The molecule has 1 aromatic heterocycles. The normalized spacial score (nSPS) is 19.8. The number of nitrogens with two attached hydrogens (primary N) is 1. The van der Waals surface area contributed by atoms with E-state index >= 15 is 0 Å². The van der Waals surface area contributed by atoms with Crippen molar-refractivity contribution in [3.8, 4) is 0 Å². The second-order valence-corrected chi connectivity index (χ2v) is 11.3. The number of thiazole rings is 1. The number of nitrogen functional groups attached to an aromatic ring is 1. The predicted octanol–water partition coefficient (Wildman–Crippen LogP) is -1.07. The molecular weight excluding hydrogens is 540 g/mol. The molecule has 0 saturated carbocycles. The van der Waals surface area contributed by atoms with Gasteiger partial charge in [-0.05, 0) is 12.5 Å². The number of oxime groups is 1. The van der Waals surface area contributed by atoms with E-state index in [-0.39, 0.29) is 34.5 Å². The van der Waals surface area contributed by atoms with Crippen molar-refractivity contribution in [3.05, 3.63) is 22.3 Å². The number of hydrogen-bond acceptors (Lipinski definition) is 13. The number of sulfone groups is 1. The smallest absolute Gasteiger partial charge is 0.407 e. The van der Waals surface area contributed by atoms with Gasteiger partial charge in [-0.15, -0.1) is 23.1 Å². The van der Waals surface area contributed by atoms with Gasteiger partial charge in [-0.2, -0.15) is 0 Å². The van der Waals surface area contributed by atoms with E-state index in [0.29, 0.717) is 0 Å². The number of carboxylic acid groups (broad SMARTS) is 1. The number of amides is 3. The third kappa shape index (κ3) is 5.88. The van der Waals surface area contributed by atoms with E-state index in [9.17, 15) is 32.7 Å². The predicted molar refractivity (Wildman–Crippen MR) is 129 cm³/mol. The van der Waals surface area contributed by atoms with Crippen LogP contribution >= 0.6 is 23.1 Å². The number of hydrogen-bond donors (Lipinski definition) is 4. The monoisotopic (exact) mass is 562 g/mol. The van der Waals surface area contributed by atoms with Crippen molar-refractivity contribution in [1.29, 1.82) is 0 Å². The van der Waals surface area contributed by atoms with Crippen LogP contribution in [-0.2, 0) is 33.8 Å². The summed E-state index contributed by atoms with van der Waals surface area (Å²) in [7, 11) is -2.75. The van der Waals surface area contributed by atoms with Gasteiger partial charge in [0.1, 0.15) is 35.8 Å². The molecule has 15 nitrogen and oxygen atoms in total. The second kappa shape index (κ2) is 11.1. The molecule has 2 atom stereocenters. The van der Waals surface area contributed by atoms with E-state index in [1.165, 1.54) is 12.5 Å². The first-order chi connectivity index (χ1) is 17.0. The number of alkyl carbamates (subject to hydrolysis) is 1. The van der Waals surface area contributed by atoms with Crippen molar-refractivity contribution in [2.45, 2.75) is 18.3 Å². The van der Waals surface area contributed by atoms with Gasteiger partial charge in [-0.3, -0.25) is 14.5 Å². The number of ether oxygens (including phenoxy) is 1. The van der Waals surface area contributed by atoms with E-state index in [1.807, 2.05) is 0 Å². The molecule has 1 aromatic rings. The Balaban J connectivity index is 1.75. The van der Waals surface area contributed by atoms with Crippen LogP contribution in [0, 0.1) is 0 Å². The molecule has 0 spiro atoms. The van der Waals surface area contributed by atoms with Crippen molar-refractivity contribution in [3.63, 3.8) is 0 Å². The lowest BCUT2D eigenvalue weighted by atomic mass is 10.0. The van der Waals surface area contributed by atoms with Gasteiger partial charge in [0.05, 0.1) is 12.4 Å². The number of β-lactam (4-membered cyclic amide) rings is 1. The minimum Gasteiger partial charge on any atom is -0.477 e. The molecule has 5 N–H and O–H groups in total. The lowest BCUT2D eigenvalue weighted by molar-refractivity contribution is -0.150. The van der Waals surface area contributed by atoms with Crippen LogP contribution in [0.15, 0.2) is 21.8 Å². The number of rotatable bonds is 10. The summed E-state index contributed by atoms with van der Waals surface area (Å²) in [4.78, 5) is 58.5. The van der Waals surface area contributed by atoms with Crippen LogP contribution in [0.2, 0.25) is 0 Å². The number of nitrogens with one attached hydrogen (secondary N) is 2. The summed E-state index contributed by atoms with van der Waals surface area (Å²) in [5, 5.41) is 18.8. The Hall–Kier alpha value is -3.38. The van der Waals surface area contributed by atoms with Gasteiger partial charge in [0, 0.05) is 11.1 Å². The first-order valence-electron chi connectivity index (χ1n) is 10.1. The zero-order valence-corrected chi connectivity index (χ0v) is 21.4. The van der Waals surface area contributed by atoms with Crippen molar-refractivity contribution >= 4 is 67.7 Å². The number of nitrogens with zero attached hydrogens (tertiary/aromatic N) is 3. The van der Waals surface area contributed by atoms with E-state index in [2.05, 4.69) is 30.3 Å². The fourth-order valence-corrected chi connectivity index (χ4v) is 6.60. The van der Waals surface area contributed by atoms with Gasteiger partial charge >= 0.3 is 12.1 Å². The second-order valence-electron chi connectivity index (χ2n) is 7.24. The van der Waals surface area contributed by atoms with Crippen LogP contribution in [0.25, 0.3) is 0 Å². The molecule has 196 valence electrons. The summed E-state index contributed by atoms with van der Waals surface area (Å²) in [6.07, 6.45) is -0.931. The number of aliphatic carboxylic acids is 1. The molecule has 1 saturated heterocycles. The van der Waals surface area contributed by atoms with Crippen LogP contribution in [-0.4, -0.2) is 95.5 Å². The average Bonchev–Trinajstić information content (AvgIpc) is 3.24. The van der Waals surface area contributed by atoms with E-state index in [0.717, 1.165) is 28.0 Å². The maximum atomic E-state index is 12.8. The molecule has 1 fully saturated rings. The Bertz CT molecular complexity index is 1240. The maximum absolute atomic E-state index is 12.8. The molecule has 1 unspecified atom stereocenters.